The molecule has 5 nitrogen and oxygen atoms in total. The van der Waals surface area contributed by atoms with Crippen molar-refractivity contribution in [3.05, 3.63) is 23.8 Å². The van der Waals surface area contributed by atoms with E-state index in [0.717, 1.165) is 30.8 Å². The quantitative estimate of drug-likeness (QED) is 0.740. The Bertz CT molecular complexity index is 432. The summed E-state index contributed by atoms with van der Waals surface area (Å²) in [5.74, 6) is 0. The maximum atomic E-state index is 5.40. The van der Waals surface area contributed by atoms with E-state index in [1.807, 2.05) is 0 Å². The lowest BCUT2D eigenvalue weighted by Gasteiger charge is -2.17. The Morgan fingerprint density at radius 1 is 1.24 bits per heavy atom. The molecule has 0 aromatic carbocycles. The van der Waals surface area contributed by atoms with Crippen LogP contribution in [0.2, 0.25) is 0 Å². The monoisotopic (exact) mass is 232 g/mol. The van der Waals surface area contributed by atoms with Gasteiger partial charge in [-0.05, 0) is 19.3 Å². The van der Waals surface area contributed by atoms with E-state index in [1.54, 1.807) is 12.4 Å². The molecule has 2 aliphatic rings. The summed E-state index contributed by atoms with van der Waals surface area (Å²) in [5, 5.41) is 3.34. The fraction of sp³-hybridized carbons (Fsp3) is 0.583. The van der Waals surface area contributed by atoms with Gasteiger partial charge in [-0.15, -0.1) is 0 Å². The van der Waals surface area contributed by atoms with Crippen LogP contribution in [0, 0.1) is 0 Å². The first-order chi connectivity index (χ1) is 8.43. The van der Waals surface area contributed by atoms with E-state index < -0.39 is 0 Å². The normalized spacial score (nSPS) is 23.3. The molecule has 1 aliphatic carbocycles. The molecule has 1 N–H and O–H groups in total. The van der Waals surface area contributed by atoms with Crippen LogP contribution >= 0.6 is 0 Å². The lowest BCUT2D eigenvalue weighted by Crippen LogP contribution is -2.29. The molecule has 2 heterocycles. The third kappa shape index (κ3) is 2.23. The van der Waals surface area contributed by atoms with Crippen molar-refractivity contribution < 1.29 is 4.74 Å². The standard InChI is InChI=1S/C12H16N4O/c1-2-4-10(16-12-15-7-8-17-12)11-9(3-1)13-5-6-14-11/h5-6,10H,1-4,7-8H2,(H,15,16). The lowest BCUT2D eigenvalue weighted by molar-refractivity contribution is 0.322. The van der Waals surface area contributed by atoms with E-state index in [4.69, 9.17) is 4.74 Å². The largest absolute Gasteiger partial charge is 0.463 e. The van der Waals surface area contributed by atoms with Gasteiger partial charge in [0.15, 0.2) is 0 Å². The Kier molecular flexibility index (Phi) is 2.90. The van der Waals surface area contributed by atoms with Crippen LogP contribution in [0.15, 0.2) is 17.4 Å². The zero-order valence-corrected chi connectivity index (χ0v) is 9.72. The molecule has 1 aromatic rings. The Morgan fingerprint density at radius 3 is 3.06 bits per heavy atom. The molecule has 1 aromatic heterocycles. The number of nitrogens with zero attached hydrogens (tertiary/aromatic N) is 3. The van der Waals surface area contributed by atoms with Crippen LogP contribution in [-0.2, 0) is 11.2 Å². The van der Waals surface area contributed by atoms with Gasteiger partial charge >= 0.3 is 0 Å². The lowest BCUT2D eigenvalue weighted by atomic mass is 10.1. The molecule has 0 amide bonds. The maximum absolute atomic E-state index is 5.40. The first-order valence-electron chi connectivity index (χ1n) is 6.17. The van der Waals surface area contributed by atoms with Crippen molar-refractivity contribution in [1.82, 2.24) is 15.3 Å². The Labute approximate surface area is 100 Å². The summed E-state index contributed by atoms with van der Waals surface area (Å²) in [6, 6.07) is 0.853. The highest BCUT2D eigenvalue weighted by Gasteiger charge is 2.23. The fourth-order valence-electron chi connectivity index (χ4n) is 2.35. The molecule has 3 rings (SSSR count). The molecule has 5 heteroatoms. The number of amidine groups is 1. The molecule has 0 bridgehead atoms. The summed E-state index contributed by atoms with van der Waals surface area (Å²) in [4.78, 5) is 13.2. The maximum Gasteiger partial charge on any atom is 0.285 e. The summed E-state index contributed by atoms with van der Waals surface area (Å²) in [5.41, 5.74) is 2.17. The second-order valence-corrected chi connectivity index (χ2v) is 4.37. The van der Waals surface area contributed by atoms with E-state index >= 15 is 0 Å². The van der Waals surface area contributed by atoms with Crippen molar-refractivity contribution in [3.8, 4) is 0 Å². The number of hydrogen-bond acceptors (Lipinski definition) is 5. The van der Waals surface area contributed by atoms with Crippen molar-refractivity contribution in [1.29, 1.82) is 0 Å². The van der Waals surface area contributed by atoms with Gasteiger partial charge in [0.2, 0.25) is 0 Å². The van der Waals surface area contributed by atoms with Crippen LogP contribution in [0.4, 0.5) is 0 Å². The molecule has 0 radical (unpaired) electrons. The van der Waals surface area contributed by atoms with Gasteiger partial charge in [0.05, 0.1) is 24.0 Å². The Morgan fingerprint density at radius 2 is 2.18 bits per heavy atom. The summed E-state index contributed by atoms with van der Waals surface area (Å²) < 4.78 is 5.40. The average molecular weight is 232 g/mol. The van der Waals surface area contributed by atoms with E-state index in [0.29, 0.717) is 12.6 Å². The molecule has 0 fully saturated rings. The number of nitrogens with one attached hydrogen (secondary N) is 1. The zero-order valence-electron chi connectivity index (χ0n) is 9.72. The third-order valence-corrected chi connectivity index (χ3v) is 3.18. The van der Waals surface area contributed by atoms with Crippen LogP contribution in [0.25, 0.3) is 0 Å². The molecular formula is C12H16N4O. The van der Waals surface area contributed by atoms with Crippen LogP contribution in [0.1, 0.15) is 36.7 Å². The summed E-state index contributed by atoms with van der Waals surface area (Å²) in [6.07, 6.45) is 7.98. The van der Waals surface area contributed by atoms with Gasteiger partial charge in [-0.3, -0.25) is 9.97 Å². The van der Waals surface area contributed by atoms with Gasteiger partial charge in [-0.2, -0.15) is 0 Å². The number of rotatable bonds is 1. The highest BCUT2D eigenvalue weighted by Crippen LogP contribution is 2.25. The van der Waals surface area contributed by atoms with Crippen LogP contribution in [0.3, 0.4) is 0 Å². The minimum absolute atomic E-state index is 0.193. The number of aromatic nitrogens is 2. The molecule has 0 saturated carbocycles. The first-order valence-corrected chi connectivity index (χ1v) is 6.17. The highest BCUT2D eigenvalue weighted by atomic mass is 16.5. The molecule has 1 unspecified atom stereocenters. The second kappa shape index (κ2) is 4.69. The first kappa shape index (κ1) is 10.5. The summed E-state index contributed by atoms with van der Waals surface area (Å²) in [7, 11) is 0. The van der Waals surface area contributed by atoms with E-state index in [-0.39, 0.29) is 6.04 Å². The third-order valence-electron chi connectivity index (χ3n) is 3.18. The van der Waals surface area contributed by atoms with E-state index in [9.17, 15) is 0 Å². The van der Waals surface area contributed by atoms with Crippen molar-refractivity contribution in [2.45, 2.75) is 31.7 Å². The average Bonchev–Trinajstić information content (AvgIpc) is 2.78. The fourth-order valence-corrected chi connectivity index (χ4v) is 2.35. The molecule has 1 aliphatic heterocycles. The van der Waals surface area contributed by atoms with Crippen LogP contribution in [-0.4, -0.2) is 29.1 Å². The summed E-state index contributed by atoms with van der Waals surface area (Å²) >= 11 is 0. The summed E-state index contributed by atoms with van der Waals surface area (Å²) in [6.45, 7) is 1.44. The van der Waals surface area contributed by atoms with Gasteiger partial charge in [0, 0.05) is 12.4 Å². The van der Waals surface area contributed by atoms with Crippen molar-refractivity contribution in [2.24, 2.45) is 4.99 Å². The van der Waals surface area contributed by atoms with Gasteiger partial charge in [-0.25, -0.2) is 4.99 Å². The Hall–Kier alpha value is -1.65. The zero-order chi connectivity index (χ0) is 11.5. The highest BCUT2D eigenvalue weighted by molar-refractivity contribution is 5.75. The van der Waals surface area contributed by atoms with Gasteiger partial charge in [0.25, 0.3) is 6.02 Å². The molecule has 90 valence electrons. The number of fused-ring (bicyclic) bond motifs is 1. The van der Waals surface area contributed by atoms with E-state index in [2.05, 4.69) is 20.3 Å². The minimum Gasteiger partial charge on any atom is -0.463 e. The van der Waals surface area contributed by atoms with Crippen molar-refractivity contribution >= 4 is 6.02 Å². The van der Waals surface area contributed by atoms with Crippen molar-refractivity contribution in [3.63, 3.8) is 0 Å². The number of hydrogen-bond donors (Lipinski definition) is 1. The SMILES string of the molecule is c1cnc2c(n1)CCCCC2NC1=NCCO1. The number of aryl methyl sites for hydroxylation is 1. The number of ether oxygens (including phenoxy) is 1. The molecule has 1 atom stereocenters. The van der Waals surface area contributed by atoms with Gasteiger partial charge in [0.1, 0.15) is 6.61 Å². The topological polar surface area (TPSA) is 59.4 Å². The predicted octanol–water partition coefficient (Wildman–Crippen LogP) is 1.22. The van der Waals surface area contributed by atoms with E-state index in [1.165, 1.54) is 12.8 Å². The Balaban J connectivity index is 1.83. The minimum atomic E-state index is 0.193. The molecule has 17 heavy (non-hydrogen) atoms. The molecule has 0 saturated heterocycles. The van der Waals surface area contributed by atoms with Gasteiger partial charge in [-0.1, -0.05) is 6.42 Å². The van der Waals surface area contributed by atoms with Crippen molar-refractivity contribution in [2.75, 3.05) is 13.2 Å². The van der Waals surface area contributed by atoms with Crippen LogP contribution in [0.5, 0.6) is 0 Å². The number of aliphatic imine (C=N–C) groups is 1. The van der Waals surface area contributed by atoms with Gasteiger partial charge < -0.3 is 10.1 Å². The smallest absolute Gasteiger partial charge is 0.285 e. The van der Waals surface area contributed by atoms with Crippen LogP contribution < -0.4 is 5.32 Å². The second-order valence-electron chi connectivity index (χ2n) is 4.37. The molecule has 0 spiro atoms. The molecular weight excluding hydrogens is 216 g/mol. The predicted molar refractivity (Wildman–Crippen MR) is 63.7 cm³/mol.